The normalized spacial score (nSPS) is 10.7. The first-order valence-corrected chi connectivity index (χ1v) is 8.63. The fourth-order valence-electron chi connectivity index (χ4n) is 2.83. The van der Waals surface area contributed by atoms with E-state index in [1.165, 1.54) is 22.4 Å². The number of carbonyl (C=O) groups is 1. The lowest BCUT2D eigenvalue weighted by Gasteiger charge is -2.17. The minimum Gasteiger partial charge on any atom is -0.384 e. The summed E-state index contributed by atoms with van der Waals surface area (Å²) in [4.78, 5) is 12.0. The van der Waals surface area contributed by atoms with Gasteiger partial charge in [0.05, 0.1) is 0 Å². The molecule has 0 saturated heterocycles. The summed E-state index contributed by atoms with van der Waals surface area (Å²) < 4.78 is 0. The summed E-state index contributed by atoms with van der Waals surface area (Å²) in [5, 5.41) is 6.43. The summed E-state index contributed by atoms with van der Waals surface area (Å²) in [6.45, 7) is 9.77. The molecule has 1 amide bonds. The van der Waals surface area contributed by atoms with Crippen LogP contribution in [0.15, 0.2) is 42.5 Å². The predicted octanol–water partition coefficient (Wildman–Crippen LogP) is 4.55. The second kappa shape index (κ2) is 8.53. The molecule has 0 saturated carbocycles. The Morgan fingerprint density at radius 1 is 1.08 bits per heavy atom. The Morgan fingerprint density at radius 3 is 2.54 bits per heavy atom. The molecule has 0 radical (unpaired) electrons. The Hall–Kier alpha value is -2.29. The number of hydrogen-bond donors (Lipinski definition) is 2. The fraction of sp³-hybridized carbons (Fsp3) is 0.381. The van der Waals surface area contributed by atoms with Gasteiger partial charge in [-0.15, -0.1) is 0 Å². The van der Waals surface area contributed by atoms with Gasteiger partial charge in [0.1, 0.15) is 0 Å². The van der Waals surface area contributed by atoms with Crippen molar-refractivity contribution in [2.75, 3.05) is 11.9 Å². The lowest BCUT2D eigenvalue weighted by Crippen LogP contribution is -2.25. The zero-order valence-electron chi connectivity index (χ0n) is 15.1. The van der Waals surface area contributed by atoms with Gasteiger partial charge >= 0.3 is 0 Å². The zero-order chi connectivity index (χ0) is 17.5. The second-order valence-electron chi connectivity index (χ2n) is 6.64. The number of rotatable bonds is 7. The minimum absolute atomic E-state index is 0.0729. The number of amides is 1. The van der Waals surface area contributed by atoms with Crippen molar-refractivity contribution < 1.29 is 4.79 Å². The number of aryl methyl sites for hydroxylation is 2. The SMILES string of the molecule is Cc1cccc(CNC(=O)CCNc2c(C)cccc2C(C)C)c1. The van der Waals surface area contributed by atoms with Gasteiger partial charge in [-0.1, -0.05) is 61.9 Å². The summed E-state index contributed by atoms with van der Waals surface area (Å²) in [5.74, 6) is 0.534. The molecule has 0 aliphatic heterocycles. The van der Waals surface area contributed by atoms with Crippen molar-refractivity contribution in [3.8, 4) is 0 Å². The van der Waals surface area contributed by atoms with Gasteiger partial charge in [0, 0.05) is 25.2 Å². The molecular formula is C21H28N2O. The Labute approximate surface area is 145 Å². The monoisotopic (exact) mass is 324 g/mol. The molecular weight excluding hydrogens is 296 g/mol. The standard InChI is InChI=1S/C21H28N2O/c1-15(2)19-10-6-8-17(4)21(19)22-12-11-20(24)23-14-18-9-5-7-16(3)13-18/h5-10,13,15,22H,11-12,14H2,1-4H3,(H,23,24). The van der Waals surface area contributed by atoms with Gasteiger partial charge in [0.15, 0.2) is 0 Å². The van der Waals surface area contributed by atoms with E-state index < -0.39 is 0 Å². The molecule has 128 valence electrons. The quantitative estimate of drug-likeness (QED) is 0.785. The molecule has 0 bridgehead atoms. The third-order valence-electron chi connectivity index (χ3n) is 4.15. The number of benzene rings is 2. The number of nitrogens with one attached hydrogen (secondary N) is 2. The maximum Gasteiger partial charge on any atom is 0.222 e. The lowest BCUT2D eigenvalue weighted by atomic mass is 9.98. The van der Waals surface area contributed by atoms with Crippen molar-refractivity contribution in [3.05, 3.63) is 64.7 Å². The summed E-state index contributed by atoms with van der Waals surface area (Å²) in [6.07, 6.45) is 0.470. The van der Waals surface area contributed by atoms with Crippen molar-refractivity contribution in [2.45, 2.75) is 46.6 Å². The van der Waals surface area contributed by atoms with E-state index in [0.29, 0.717) is 25.4 Å². The van der Waals surface area contributed by atoms with Crippen molar-refractivity contribution in [3.63, 3.8) is 0 Å². The van der Waals surface area contributed by atoms with E-state index in [-0.39, 0.29) is 5.91 Å². The predicted molar refractivity (Wildman–Crippen MR) is 101 cm³/mol. The second-order valence-corrected chi connectivity index (χ2v) is 6.64. The van der Waals surface area contributed by atoms with Crippen LogP contribution in [0.5, 0.6) is 0 Å². The van der Waals surface area contributed by atoms with Crippen LogP contribution in [0.1, 0.15) is 48.4 Å². The first kappa shape index (κ1) is 18.1. The Morgan fingerprint density at radius 2 is 1.83 bits per heavy atom. The first-order valence-electron chi connectivity index (χ1n) is 8.63. The molecule has 0 spiro atoms. The average Bonchev–Trinajstić information content (AvgIpc) is 2.54. The molecule has 0 aliphatic rings. The highest BCUT2D eigenvalue weighted by Crippen LogP contribution is 2.27. The van der Waals surface area contributed by atoms with Crippen molar-refractivity contribution in [1.82, 2.24) is 5.32 Å². The Kier molecular flexibility index (Phi) is 6.42. The van der Waals surface area contributed by atoms with Gasteiger partial charge in [-0.25, -0.2) is 0 Å². The maximum atomic E-state index is 12.0. The van der Waals surface area contributed by atoms with E-state index in [4.69, 9.17) is 0 Å². The van der Waals surface area contributed by atoms with Crippen LogP contribution >= 0.6 is 0 Å². The van der Waals surface area contributed by atoms with Gasteiger partial charge in [0.2, 0.25) is 5.91 Å². The summed E-state index contributed by atoms with van der Waals surface area (Å²) in [5.41, 5.74) is 6.04. The molecule has 2 rings (SSSR count). The van der Waals surface area contributed by atoms with Gasteiger partial charge in [-0.05, 0) is 36.5 Å². The highest BCUT2D eigenvalue weighted by atomic mass is 16.1. The van der Waals surface area contributed by atoms with E-state index in [0.717, 1.165) is 5.56 Å². The largest absolute Gasteiger partial charge is 0.384 e. The molecule has 3 nitrogen and oxygen atoms in total. The Balaban J connectivity index is 1.83. The smallest absolute Gasteiger partial charge is 0.222 e. The topological polar surface area (TPSA) is 41.1 Å². The number of para-hydroxylation sites is 1. The number of carbonyl (C=O) groups excluding carboxylic acids is 1. The van der Waals surface area contributed by atoms with Crippen LogP contribution in [0.4, 0.5) is 5.69 Å². The lowest BCUT2D eigenvalue weighted by molar-refractivity contribution is -0.121. The molecule has 0 atom stereocenters. The van der Waals surface area contributed by atoms with Crippen LogP contribution in [0.25, 0.3) is 0 Å². The van der Waals surface area contributed by atoms with Crippen LogP contribution in [-0.4, -0.2) is 12.5 Å². The van der Waals surface area contributed by atoms with E-state index in [2.05, 4.69) is 68.7 Å². The van der Waals surface area contributed by atoms with E-state index >= 15 is 0 Å². The Bertz CT molecular complexity index is 692. The van der Waals surface area contributed by atoms with E-state index in [1.54, 1.807) is 0 Å². The molecule has 0 fully saturated rings. The molecule has 3 heteroatoms. The molecule has 0 unspecified atom stereocenters. The highest BCUT2D eigenvalue weighted by Gasteiger charge is 2.09. The molecule has 0 aliphatic carbocycles. The van der Waals surface area contributed by atoms with E-state index in [1.807, 2.05) is 12.1 Å². The van der Waals surface area contributed by atoms with Crippen LogP contribution in [0, 0.1) is 13.8 Å². The average molecular weight is 324 g/mol. The summed E-state index contributed by atoms with van der Waals surface area (Å²) in [6, 6.07) is 14.6. The van der Waals surface area contributed by atoms with Gasteiger partial charge < -0.3 is 10.6 Å². The van der Waals surface area contributed by atoms with Crippen molar-refractivity contribution in [2.24, 2.45) is 0 Å². The van der Waals surface area contributed by atoms with Gasteiger partial charge in [-0.3, -0.25) is 4.79 Å². The van der Waals surface area contributed by atoms with Gasteiger partial charge in [-0.2, -0.15) is 0 Å². The number of hydrogen-bond acceptors (Lipinski definition) is 2. The maximum absolute atomic E-state index is 12.0. The van der Waals surface area contributed by atoms with Crippen LogP contribution in [-0.2, 0) is 11.3 Å². The third kappa shape index (κ3) is 5.12. The molecule has 24 heavy (non-hydrogen) atoms. The third-order valence-corrected chi connectivity index (χ3v) is 4.15. The first-order chi connectivity index (χ1) is 11.5. The summed E-state index contributed by atoms with van der Waals surface area (Å²) in [7, 11) is 0. The van der Waals surface area contributed by atoms with Crippen molar-refractivity contribution >= 4 is 11.6 Å². The zero-order valence-corrected chi connectivity index (χ0v) is 15.1. The van der Waals surface area contributed by atoms with E-state index in [9.17, 15) is 4.79 Å². The molecule has 2 aromatic rings. The number of anilines is 1. The highest BCUT2D eigenvalue weighted by molar-refractivity contribution is 5.76. The molecule has 2 N–H and O–H groups in total. The minimum atomic E-state index is 0.0729. The van der Waals surface area contributed by atoms with Crippen molar-refractivity contribution in [1.29, 1.82) is 0 Å². The fourth-order valence-corrected chi connectivity index (χ4v) is 2.83. The van der Waals surface area contributed by atoms with Crippen LogP contribution < -0.4 is 10.6 Å². The van der Waals surface area contributed by atoms with Crippen LogP contribution in [0.3, 0.4) is 0 Å². The molecule has 0 aromatic heterocycles. The molecule has 0 heterocycles. The van der Waals surface area contributed by atoms with Crippen LogP contribution in [0.2, 0.25) is 0 Å². The molecule has 2 aromatic carbocycles. The summed E-state index contributed by atoms with van der Waals surface area (Å²) >= 11 is 0. The van der Waals surface area contributed by atoms with Gasteiger partial charge in [0.25, 0.3) is 0 Å².